The Balaban J connectivity index is 2.10. The second kappa shape index (κ2) is 6.17. The molecule has 0 saturated heterocycles. The SMILES string of the molecule is CSC1=C(SC)SC(=C(C)[C]2[CH][CH][CH][CH]2)S1. The summed E-state index contributed by atoms with van der Waals surface area (Å²) in [6.07, 6.45) is 12.9. The molecule has 1 fully saturated rings. The minimum atomic E-state index is 1.35. The molecule has 2 rings (SSSR count). The molecule has 16 heavy (non-hydrogen) atoms. The van der Waals surface area contributed by atoms with Crippen molar-refractivity contribution in [2.24, 2.45) is 0 Å². The largest absolute Gasteiger partial charge is 0.121 e. The van der Waals surface area contributed by atoms with Crippen LogP contribution in [0.3, 0.4) is 0 Å². The minimum Gasteiger partial charge on any atom is -0.121 e. The summed E-state index contributed by atoms with van der Waals surface area (Å²) in [5, 5.41) is 0. The third kappa shape index (κ3) is 2.82. The van der Waals surface area contributed by atoms with Gasteiger partial charge in [-0.15, -0.1) is 23.5 Å². The molecule has 4 heteroatoms. The molecule has 0 bridgehead atoms. The predicted molar refractivity (Wildman–Crippen MR) is 82.4 cm³/mol. The zero-order chi connectivity index (χ0) is 11.5. The van der Waals surface area contributed by atoms with Crippen LogP contribution in [-0.4, -0.2) is 12.5 Å². The van der Waals surface area contributed by atoms with E-state index in [1.54, 1.807) is 0 Å². The maximum absolute atomic E-state index is 2.21. The molecule has 1 aliphatic carbocycles. The highest BCUT2D eigenvalue weighted by Crippen LogP contribution is 2.58. The lowest BCUT2D eigenvalue weighted by Crippen LogP contribution is -1.94. The Morgan fingerprint density at radius 2 is 1.50 bits per heavy atom. The van der Waals surface area contributed by atoms with E-state index in [1.807, 2.05) is 47.0 Å². The lowest BCUT2D eigenvalue weighted by molar-refractivity contribution is 1.24. The second-order valence-electron chi connectivity index (χ2n) is 3.27. The monoisotopic (exact) mass is 285 g/mol. The molecule has 1 saturated carbocycles. The van der Waals surface area contributed by atoms with Crippen LogP contribution < -0.4 is 0 Å². The van der Waals surface area contributed by atoms with E-state index < -0.39 is 0 Å². The summed E-state index contributed by atoms with van der Waals surface area (Å²) in [5.41, 5.74) is 1.40. The summed E-state index contributed by atoms with van der Waals surface area (Å²) >= 11 is 7.53. The van der Waals surface area contributed by atoms with Crippen LogP contribution in [-0.2, 0) is 0 Å². The van der Waals surface area contributed by atoms with Crippen molar-refractivity contribution in [3.8, 4) is 0 Å². The van der Waals surface area contributed by atoms with E-state index in [0.29, 0.717) is 0 Å². The molecule has 2 aliphatic rings. The van der Waals surface area contributed by atoms with Crippen molar-refractivity contribution in [3.63, 3.8) is 0 Å². The Kier molecular flexibility index (Phi) is 5.13. The summed E-state index contributed by atoms with van der Waals surface area (Å²) in [5.74, 6) is 1.35. The number of hydrogen-bond acceptors (Lipinski definition) is 4. The third-order valence-corrected chi connectivity index (χ3v) is 7.74. The van der Waals surface area contributed by atoms with Gasteiger partial charge in [0.05, 0.1) is 12.7 Å². The lowest BCUT2D eigenvalue weighted by Gasteiger charge is -2.11. The molecule has 0 nitrogen and oxygen atoms in total. The first-order chi connectivity index (χ1) is 7.76. The van der Waals surface area contributed by atoms with Gasteiger partial charge in [-0.05, 0) is 50.7 Å². The van der Waals surface area contributed by atoms with Crippen molar-refractivity contribution < 1.29 is 0 Å². The van der Waals surface area contributed by atoms with E-state index >= 15 is 0 Å². The van der Waals surface area contributed by atoms with E-state index in [1.165, 1.54) is 24.2 Å². The van der Waals surface area contributed by atoms with Gasteiger partial charge in [-0.25, -0.2) is 0 Å². The Morgan fingerprint density at radius 1 is 1.00 bits per heavy atom. The molecular weight excluding hydrogens is 272 g/mol. The molecule has 0 unspecified atom stereocenters. The first-order valence-electron chi connectivity index (χ1n) is 4.87. The molecule has 85 valence electrons. The summed E-state index contributed by atoms with van der Waals surface area (Å²) < 4.78 is 4.32. The van der Waals surface area contributed by atoms with Crippen LogP contribution in [0.5, 0.6) is 0 Å². The van der Waals surface area contributed by atoms with Crippen molar-refractivity contribution in [3.05, 3.63) is 49.9 Å². The van der Waals surface area contributed by atoms with Crippen molar-refractivity contribution >= 4 is 47.0 Å². The third-order valence-electron chi connectivity index (χ3n) is 2.31. The highest BCUT2D eigenvalue weighted by atomic mass is 32.3. The first kappa shape index (κ1) is 13.3. The van der Waals surface area contributed by atoms with Crippen molar-refractivity contribution in [1.82, 2.24) is 0 Å². The maximum atomic E-state index is 2.21. The second-order valence-corrected chi connectivity index (χ2v) is 7.72. The number of rotatable bonds is 3. The summed E-state index contributed by atoms with van der Waals surface area (Å²) in [4.78, 5) is 0. The molecule has 0 amide bonds. The molecule has 0 aromatic heterocycles. The number of thioether (sulfide) groups is 4. The Morgan fingerprint density at radius 3 is 1.94 bits per heavy atom. The highest BCUT2D eigenvalue weighted by molar-refractivity contribution is 8.40. The van der Waals surface area contributed by atoms with Gasteiger partial charge in [0.2, 0.25) is 0 Å². The van der Waals surface area contributed by atoms with Gasteiger partial charge < -0.3 is 0 Å². The molecular formula is C12H13S4. The highest BCUT2D eigenvalue weighted by Gasteiger charge is 2.26. The van der Waals surface area contributed by atoms with E-state index in [2.05, 4.69) is 45.1 Å². The predicted octanol–water partition coefficient (Wildman–Crippen LogP) is 4.96. The van der Waals surface area contributed by atoms with Gasteiger partial charge in [0, 0.05) is 5.92 Å². The standard InChI is InChI=1S/C12H13S4/c1-8(9-6-4-5-7-9)10-15-11(13-2)12(14-3)16-10/h4-7H,1-3H3. The number of allylic oxidation sites excluding steroid dienone is 1. The molecule has 5 radical (unpaired) electrons. The zero-order valence-corrected chi connectivity index (χ0v) is 12.7. The first-order valence-corrected chi connectivity index (χ1v) is 8.95. The molecule has 1 aliphatic heterocycles. The topological polar surface area (TPSA) is 0 Å². The van der Waals surface area contributed by atoms with Gasteiger partial charge in [0.15, 0.2) is 0 Å². The van der Waals surface area contributed by atoms with Crippen LogP contribution >= 0.6 is 47.0 Å². The molecule has 1 heterocycles. The molecule has 0 spiro atoms. The Labute approximate surface area is 116 Å². The molecule has 0 aromatic rings. The fourth-order valence-electron chi connectivity index (χ4n) is 1.42. The van der Waals surface area contributed by atoms with Crippen molar-refractivity contribution in [2.45, 2.75) is 6.92 Å². The molecule has 0 atom stereocenters. The minimum absolute atomic E-state index is 1.35. The van der Waals surface area contributed by atoms with Crippen molar-refractivity contribution in [1.29, 1.82) is 0 Å². The van der Waals surface area contributed by atoms with E-state index in [4.69, 9.17) is 0 Å². The van der Waals surface area contributed by atoms with Crippen LogP contribution in [0.2, 0.25) is 0 Å². The van der Waals surface area contributed by atoms with E-state index in [9.17, 15) is 0 Å². The average Bonchev–Trinajstić information content (AvgIpc) is 2.96. The average molecular weight is 286 g/mol. The van der Waals surface area contributed by atoms with Gasteiger partial charge in [-0.2, -0.15) is 0 Å². The normalized spacial score (nSPS) is 22.3. The maximum Gasteiger partial charge on any atom is 0.0657 e. The Bertz CT molecular complexity index is 306. The van der Waals surface area contributed by atoms with Crippen LogP contribution in [0.4, 0.5) is 0 Å². The van der Waals surface area contributed by atoms with E-state index in [-0.39, 0.29) is 0 Å². The van der Waals surface area contributed by atoms with Gasteiger partial charge >= 0.3 is 0 Å². The lowest BCUT2D eigenvalue weighted by atomic mass is 10.0. The van der Waals surface area contributed by atoms with Crippen LogP contribution in [0.15, 0.2) is 18.3 Å². The fourth-order valence-corrected chi connectivity index (χ4v) is 6.45. The smallest absolute Gasteiger partial charge is 0.0657 e. The van der Waals surface area contributed by atoms with Gasteiger partial charge in [0.1, 0.15) is 0 Å². The zero-order valence-electron chi connectivity index (χ0n) is 9.44. The van der Waals surface area contributed by atoms with E-state index in [0.717, 1.165) is 0 Å². The molecule has 0 N–H and O–H groups in total. The number of hydrogen-bond donors (Lipinski definition) is 0. The fraction of sp³-hybridized carbons (Fsp3) is 0.250. The molecule has 0 aromatic carbocycles. The van der Waals surface area contributed by atoms with Crippen LogP contribution in [0.25, 0.3) is 0 Å². The van der Waals surface area contributed by atoms with Crippen molar-refractivity contribution in [2.75, 3.05) is 12.5 Å². The van der Waals surface area contributed by atoms with Gasteiger partial charge in [-0.3, -0.25) is 0 Å². The van der Waals surface area contributed by atoms with Gasteiger partial charge in [0.25, 0.3) is 0 Å². The Hall–Kier alpha value is 0.880. The quantitative estimate of drug-likeness (QED) is 0.718. The summed E-state index contributed by atoms with van der Waals surface area (Å²) in [6.45, 7) is 2.21. The van der Waals surface area contributed by atoms with Gasteiger partial charge in [-0.1, -0.05) is 23.5 Å². The van der Waals surface area contributed by atoms with Crippen LogP contribution in [0, 0.1) is 31.6 Å². The van der Waals surface area contributed by atoms with Crippen LogP contribution in [0.1, 0.15) is 6.92 Å². The summed E-state index contributed by atoms with van der Waals surface area (Å²) in [6, 6.07) is 0. The summed E-state index contributed by atoms with van der Waals surface area (Å²) in [7, 11) is 0.